The first-order chi connectivity index (χ1) is 59.6. The molecule has 6 heterocycles. The molecule has 0 unspecified atom stereocenters. The van der Waals surface area contributed by atoms with Crippen LogP contribution in [0.3, 0.4) is 0 Å². The summed E-state index contributed by atoms with van der Waals surface area (Å²) < 4.78 is 8.87. The van der Waals surface area contributed by atoms with E-state index in [1.165, 1.54) is 75.4 Å². The van der Waals surface area contributed by atoms with Gasteiger partial charge in [0, 0.05) is 54.2 Å². The number of fused-ring (bicyclic) bond motifs is 28. The third kappa shape index (κ3) is 9.60. The fourth-order valence-corrected chi connectivity index (χ4v) is 20.2. The van der Waals surface area contributed by atoms with Crippen molar-refractivity contribution in [3.05, 3.63) is 388 Å². The number of hydrogen-bond donors (Lipinski definition) is 0. The summed E-state index contributed by atoms with van der Waals surface area (Å²) in [6, 6.07) is 141. The van der Waals surface area contributed by atoms with Gasteiger partial charge in [0.1, 0.15) is 0 Å². The second-order valence-electron chi connectivity index (χ2n) is 31.5. The predicted octanol–water partition coefficient (Wildman–Crippen LogP) is 28.0. The second kappa shape index (κ2) is 25.6. The molecule has 0 saturated carbocycles. The van der Waals surface area contributed by atoms with Crippen LogP contribution in [0, 0.1) is 0 Å². The van der Waals surface area contributed by atoms with E-state index in [4.69, 9.17) is 29.9 Å². The molecule has 20 aromatic carbocycles. The highest BCUT2D eigenvalue weighted by atomic mass is 15.3. The van der Waals surface area contributed by atoms with Crippen molar-refractivity contribution in [1.82, 2.24) is 48.2 Å². The highest BCUT2D eigenvalue weighted by Gasteiger charge is 2.28. The van der Waals surface area contributed by atoms with Crippen molar-refractivity contribution in [2.75, 3.05) is 0 Å². The number of hydrogen-bond acceptors (Lipinski definition) is 6. The smallest absolute Gasteiger partial charge is 0.240 e. The summed E-state index contributed by atoms with van der Waals surface area (Å²) in [6.07, 6.45) is 0. The SMILES string of the molecule is c1ccc(-c2cc3c4ccccc4c4ccccc4c3c3ccccc23)c(-c2nc(-n3c4ccccc4c4ccccc43)nc(-n3c4ccccc4c4c(-c5ccc6c7ccccc7c7cc(-c8ccc(-c9nc(-n%10c%11ccccc%11c%11ccccc%11%10)nc(-n%10c%11ccccc%11c%11ccccc%11%10)n9)cc8)c8ccccc8c7c6c5)cccc43)n2)c1. The van der Waals surface area contributed by atoms with Gasteiger partial charge in [-0.3, -0.25) is 18.3 Å². The van der Waals surface area contributed by atoms with Crippen molar-refractivity contribution in [2.24, 2.45) is 0 Å². The monoisotopic (exact) mass is 1520 g/mol. The van der Waals surface area contributed by atoms with E-state index >= 15 is 0 Å². The molecule has 26 rings (SSSR count). The third-order valence-electron chi connectivity index (χ3n) is 25.3. The first-order valence-corrected chi connectivity index (χ1v) is 40.8. The fourth-order valence-electron chi connectivity index (χ4n) is 20.2. The minimum Gasteiger partial charge on any atom is -0.278 e. The average Bonchev–Trinajstić information content (AvgIpc) is 1.70. The Hall–Kier alpha value is -16.3. The summed E-state index contributed by atoms with van der Waals surface area (Å²) in [5, 5.41) is 28.1. The molecule has 0 aliphatic heterocycles. The molecule has 26 aromatic rings. The van der Waals surface area contributed by atoms with Crippen LogP contribution in [-0.4, -0.2) is 48.2 Å². The van der Waals surface area contributed by atoms with E-state index in [9.17, 15) is 0 Å². The van der Waals surface area contributed by atoms with Crippen LogP contribution in [0.15, 0.2) is 388 Å². The van der Waals surface area contributed by atoms with E-state index in [1.54, 1.807) is 0 Å². The molecule has 554 valence electrons. The molecule has 10 nitrogen and oxygen atoms in total. The largest absolute Gasteiger partial charge is 0.278 e. The number of nitrogens with zero attached hydrogens (tertiary/aromatic N) is 10. The molecule has 120 heavy (non-hydrogen) atoms. The van der Waals surface area contributed by atoms with Gasteiger partial charge in [0.05, 0.1) is 44.1 Å². The summed E-state index contributed by atoms with van der Waals surface area (Å²) in [6.45, 7) is 0. The molecule has 0 bridgehead atoms. The molecule has 10 heteroatoms. The minimum atomic E-state index is 0.503. The fraction of sp³-hybridized carbons (Fsp3) is 0. The van der Waals surface area contributed by atoms with Gasteiger partial charge in [-0.05, 0) is 186 Å². The zero-order valence-corrected chi connectivity index (χ0v) is 64.4. The van der Waals surface area contributed by atoms with Gasteiger partial charge >= 0.3 is 0 Å². The summed E-state index contributed by atoms with van der Waals surface area (Å²) in [7, 11) is 0. The maximum atomic E-state index is 5.79. The Morgan fingerprint density at radius 1 is 0.133 bits per heavy atom. The summed E-state index contributed by atoms with van der Waals surface area (Å²) in [5.74, 6) is 3.22. The van der Waals surface area contributed by atoms with Gasteiger partial charge in [-0.15, -0.1) is 0 Å². The molecule has 6 aromatic heterocycles. The highest BCUT2D eigenvalue weighted by Crippen LogP contribution is 2.49. The Balaban J connectivity index is 0.650. The lowest BCUT2D eigenvalue weighted by molar-refractivity contribution is 0.892. The Kier molecular flexibility index (Phi) is 14.1. The van der Waals surface area contributed by atoms with Gasteiger partial charge in [0.25, 0.3) is 0 Å². The van der Waals surface area contributed by atoms with Crippen LogP contribution in [0.2, 0.25) is 0 Å². The number of para-hydroxylation sites is 7. The minimum absolute atomic E-state index is 0.503. The molecule has 0 fully saturated rings. The lowest BCUT2D eigenvalue weighted by Gasteiger charge is -2.18. The van der Waals surface area contributed by atoms with Crippen molar-refractivity contribution in [2.45, 2.75) is 0 Å². The molecule has 0 spiro atoms. The Morgan fingerprint density at radius 2 is 0.408 bits per heavy atom. The zero-order chi connectivity index (χ0) is 78.4. The van der Waals surface area contributed by atoms with E-state index in [0.29, 0.717) is 35.4 Å². The summed E-state index contributed by atoms with van der Waals surface area (Å²) >= 11 is 0. The first kappa shape index (κ1) is 66.0. The lowest BCUT2D eigenvalue weighted by Crippen LogP contribution is -2.10. The average molecular weight is 1530 g/mol. The molecule has 0 aliphatic rings. The van der Waals surface area contributed by atoms with Gasteiger partial charge in [0.15, 0.2) is 11.6 Å². The topological polar surface area (TPSA) is 97.1 Å². The van der Waals surface area contributed by atoms with Crippen molar-refractivity contribution in [1.29, 1.82) is 0 Å². The summed E-state index contributed by atoms with van der Waals surface area (Å²) in [5.41, 5.74) is 16.3. The van der Waals surface area contributed by atoms with Crippen LogP contribution in [0.5, 0.6) is 0 Å². The molecule has 0 saturated heterocycles. The molecule has 0 N–H and O–H groups in total. The van der Waals surface area contributed by atoms with Crippen molar-refractivity contribution < 1.29 is 0 Å². The van der Waals surface area contributed by atoms with Crippen LogP contribution in [0.4, 0.5) is 0 Å². The maximum Gasteiger partial charge on any atom is 0.240 e. The standard InChI is InChI=1S/C110H64N10/c1-3-31-72-69(28-1)71-30-5-9-42-84(71)102-86-44-11-7-34-75(86)90(64-93(72)102)76-35-8-12-45-87(76)106-113-109(119-98-52-24-17-40-82(98)83-41-18-25-53-99(83)119)116-110(114-106)120-100-54-26-19-46-88(100)104-68(47-27-55-101(104)120)67-60-61-77-70-29-2-4-32-73(70)92-63-89(74-33-6-10-43-85(74)103(92)91(77)62-67)65-56-58-66(59-57-65)105-111-107(117-94-48-20-13-36-78(94)79-37-14-21-49-95(79)117)115-108(112-105)118-96-50-22-15-38-80(96)81-39-16-23-51-97(81)118/h1-64H. The first-order valence-electron chi connectivity index (χ1n) is 40.8. The van der Waals surface area contributed by atoms with Crippen molar-refractivity contribution in [3.63, 3.8) is 0 Å². The second-order valence-corrected chi connectivity index (χ2v) is 31.5. The number of rotatable bonds is 9. The van der Waals surface area contributed by atoms with Crippen LogP contribution in [0.1, 0.15) is 0 Å². The number of aromatic nitrogens is 10. The normalized spacial score (nSPS) is 12.2. The van der Waals surface area contributed by atoms with E-state index in [0.717, 1.165) is 143 Å². The Labute approximate surface area is 685 Å². The van der Waals surface area contributed by atoms with Gasteiger partial charge in [-0.25, -0.2) is 0 Å². The molecule has 0 atom stereocenters. The van der Waals surface area contributed by atoms with Gasteiger partial charge in [-0.2, -0.15) is 29.9 Å². The molecule has 0 amide bonds. The van der Waals surface area contributed by atoms with Gasteiger partial charge in [0.2, 0.25) is 23.8 Å². The maximum absolute atomic E-state index is 5.79. The van der Waals surface area contributed by atoms with Crippen molar-refractivity contribution >= 4 is 173 Å². The van der Waals surface area contributed by atoms with Crippen LogP contribution >= 0.6 is 0 Å². The Bertz CT molecular complexity index is 8660. The molecule has 0 aliphatic carbocycles. The third-order valence-corrected chi connectivity index (χ3v) is 25.3. The molecular weight excluding hydrogens is 1460 g/mol. The summed E-state index contributed by atoms with van der Waals surface area (Å²) in [4.78, 5) is 33.6. The van der Waals surface area contributed by atoms with E-state index in [-0.39, 0.29) is 0 Å². The van der Waals surface area contributed by atoms with E-state index < -0.39 is 0 Å². The zero-order valence-electron chi connectivity index (χ0n) is 64.4. The quantitative estimate of drug-likeness (QED) is 0.134. The van der Waals surface area contributed by atoms with Crippen LogP contribution in [0.25, 0.3) is 253 Å². The lowest BCUT2D eigenvalue weighted by atomic mass is 9.86. The van der Waals surface area contributed by atoms with Crippen molar-refractivity contribution in [3.8, 4) is 79.9 Å². The number of benzene rings is 20. The molecular formula is C110H64N10. The predicted molar refractivity (Wildman–Crippen MR) is 498 cm³/mol. The van der Waals surface area contributed by atoms with Crippen LogP contribution < -0.4 is 0 Å². The highest BCUT2D eigenvalue weighted by molar-refractivity contribution is 6.35. The van der Waals surface area contributed by atoms with Gasteiger partial charge in [-0.1, -0.05) is 322 Å². The van der Waals surface area contributed by atoms with E-state index in [1.807, 2.05) is 0 Å². The van der Waals surface area contributed by atoms with Crippen LogP contribution in [-0.2, 0) is 0 Å². The van der Waals surface area contributed by atoms with E-state index in [2.05, 4.69) is 407 Å². The van der Waals surface area contributed by atoms with Gasteiger partial charge < -0.3 is 0 Å². The Morgan fingerprint density at radius 3 is 0.867 bits per heavy atom. The molecule has 0 radical (unpaired) electrons.